The van der Waals surface area contributed by atoms with Crippen molar-refractivity contribution in [2.45, 2.75) is 13.2 Å². The number of nitrogens with zero attached hydrogens (tertiary/aromatic N) is 2. The van der Waals surface area contributed by atoms with E-state index in [4.69, 9.17) is 21.4 Å². The number of thiocarbonyl (C=S) groups is 1. The minimum atomic E-state index is -0.290. The molecule has 0 saturated heterocycles. The number of pyridine rings is 1. The Morgan fingerprint density at radius 1 is 0.889 bits per heavy atom. The lowest BCUT2D eigenvalue weighted by Gasteiger charge is -2.11. The maximum absolute atomic E-state index is 12.5. The van der Waals surface area contributed by atoms with Crippen molar-refractivity contribution in [1.29, 1.82) is 0 Å². The van der Waals surface area contributed by atoms with Crippen molar-refractivity contribution in [3.05, 3.63) is 114 Å². The molecule has 0 radical (unpaired) electrons. The number of aromatic nitrogens is 2. The predicted molar refractivity (Wildman–Crippen MR) is 141 cm³/mol. The molecule has 0 atom stereocenters. The Bertz CT molecular complexity index is 1450. The van der Waals surface area contributed by atoms with Crippen molar-refractivity contribution in [3.63, 3.8) is 0 Å². The van der Waals surface area contributed by atoms with Crippen LogP contribution in [0.4, 0.5) is 0 Å². The second-order valence-electron chi connectivity index (χ2n) is 7.98. The zero-order valence-electron chi connectivity index (χ0n) is 19.2. The molecule has 1 amide bonds. The monoisotopic (exact) mass is 494 g/mol. The molecule has 0 fully saturated rings. The summed E-state index contributed by atoms with van der Waals surface area (Å²) in [5.74, 6) is 0.915. The number of hydrogen-bond donors (Lipinski definition) is 2. The van der Waals surface area contributed by atoms with Gasteiger partial charge in [0.2, 0.25) is 5.89 Å². The number of carbonyl (C=O) groups excluding carboxylic acids is 1. The van der Waals surface area contributed by atoms with E-state index < -0.39 is 0 Å². The molecule has 0 aliphatic heterocycles. The summed E-state index contributed by atoms with van der Waals surface area (Å²) in [6.07, 6.45) is 1.68. The van der Waals surface area contributed by atoms with Crippen LogP contribution >= 0.6 is 12.2 Å². The number of nitrogens with one attached hydrogen (secondary N) is 2. The van der Waals surface area contributed by atoms with Gasteiger partial charge in [0.05, 0.1) is 0 Å². The first-order valence-electron chi connectivity index (χ1n) is 11.3. The van der Waals surface area contributed by atoms with Gasteiger partial charge in [-0.1, -0.05) is 42.5 Å². The van der Waals surface area contributed by atoms with E-state index in [0.717, 1.165) is 16.7 Å². The Labute approximate surface area is 213 Å². The van der Waals surface area contributed by atoms with Crippen LogP contribution in [-0.4, -0.2) is 21.0 Å². The number of carbonyl (C=O) groups is 1. The number of ether oxygens (including phenoxy) is 1. The van der Waals surface area contributed by atoms with Gasteiger partial charge in [0, 0.05) is 23.9 Å². The molecule has 0 saturated carbocycles. The number of hydrogen-bond acceptors (Lipinski definition) is 6. The topological polar surface area (TPSA) is 89.3 Å². The smallest absolute Gasteiger partial charge is 0.257 e. The van der Waals surface area contributed by atoms with E-state index in [1.54, 1.807) is 30.5 Å². The van der Waals surface area contributed by atoms with Gasteiger partial charge in [0.25, 0.3) is 5.91 Å². The van der Waals surface area contributed by atoms with E-state index in [-0.39, 0.29) is 11.0 Å². The Hall–Kier alpha value is -4.56. The van der Waals surface area contributed by atoms with Gasteiger partial charge in [-0.05, 0) is 71.9 Å². The minimum absolute atomic E-state index is 0.249. The van der Waals surface area contributed by atoms with Crippen molar-refractivity contribution < 1.29 is 13.9 Å². The average Bonchev–Trinajstić information content (AvgIpc) is 3.36. The maximum atomic E-state index is 12.5. The highest BCUT2D eigenvalue weighted by molar-refractivity contribution is 7.80. The number of oxazole rings is 1. The third-order valence-corrected chi connectivity index (χ3v) is 5.66. The largest absolute Gasteiger partial charge is 0.489 e. The molecular formula is C28H22N4O3S. The Balaban J connectivity index is 1.10. The van der Waals surface area contributed by atoms with Crippen LogP contribution < -0.4 is 15.4 Å². The number of fused-ring (bicyclic) bond motifs is 1. The van der Waals surface area contributed by atoms with Crippen LogP contribution in [0.15, 0.2) is 102 Å². The molecule has 8 heteroatoms. The first-order valence-corrected chi connectivity index (χ1v) is 11.7. The fraction of sp³-hybridized carbons (Fsp3) is 0.0714. The molecule has 3 aromatic carbocycles. The van der Waals surface area contributed by atoms with Crippen LogP contribution in [-0.2, 0) is 13.2 Å². The van der Waals surface area contributed by atoms with Gasteiger partial charge in [-0.2, -0.15) is 4.98 Å². The number of benzene rings is 3. The molecule has 5 rings (SSSR count). The number of amides is 1. The van der Waals surface area contributed by atoms with Gasteiger partial charge < -0.3 is 14.5 Å². The first-order chi connectivity index (χ1) is 17.6. The average molecular weight is 495 g/mol. The van der Waals surface area contributed by atoms with Crippen molar-refractivity contribution in [1.82, 2.24) is 20.6 Å². The summed E-state index contributed by atoms with van der Waals surface area (Å²) in [5.41, 5.74) is 4.63. The fourth-order valence-electron chi connectivity index (χ4n) is 3.50. The molecule has 36 heavy (non-hydrogen) atoms. The summed E-state index contributed by atoms with van der Waals surface area (Å²) in [6.45, 7) is 0.925. The molecule has 0 aliphatic carbocycles. The summed E-state index contributed by atoms with van der Waals surface area (Å²) in [4.78, 5) is 21.1. The summed E-state index contributed by atoms with van der Waals surface area (Å²) >= 11 is 5.29. The lowest BCUT2D eigenvalue weighted by atomic mass is 10.1. The third kappa shape index (κ3) is 5.73. The molecular weight excluding hydrogens is 472 g/mol. The summed E-state index contributed by atoms with van der Waals surface area (Å²) in [6, 6.07) is 28.2. The van der Waals surface area contributed by atoms with Crippen molar-refractivity contribution in [2.75, 3.05) is 0 Å². The first kappa shape index (κ1) is 23.2. The SMILES string of the molecule is O=C(NC(=S)NCc1ccc(-c2nc3ncccc3o2)cc1)c1ccc(OCc2ccccc2)cc1. The molecule has 178 valence electrons. The Morgan fingerprint density at radius 3 is 2.42 bits per heavy atom. The van der Waals surface area contributed by atoms with Gasteiger partial charge in [0.15, 0.2) is 16.3 Å². The van der Waals surface area contributed by atoms with Gasteiger partial charge in [-0.25, -0.2) is 4.98 Å². The lowest BCUT2D eigenvalue weighted by Crippen LogP contribution is -2.38. The van der Waals surface area contributed by atoms with Gasteiger partial charge >= 0.3 is 0 Å². The summed E-state index contributed by atoms with van der Waals surface area (Å²) < 4.78 is 11.5. The van der Waals surface area contributed by atoms with Crippen LogP contribution in [0, 0.1) is 0 Å². The number of rotatable bonds is 7. The van der Waals surface area contributed by atoms with E-state index in [9.17, 15) is 4.79 Å². The van der Waals surface area contributed by atoms with Crippen LogP contribution in [0.1, 0.15) is 21.5 Å². The predicted octanol–water partition coefficient (Wildman–Crippen LogP) is 5.27. The molecule has 0 aliphatic rings. The normalized spacial score (nSPS) is 10.7. The standard InChI is InChI=1S/C28H22N4O3S/c33-26(21-12-14-23(15-13-21)34-18-20-5-2-1-3-6-20)32-28(36)30-17-19-8-10-22(11-9-19)27-31-25-24(35-27)7-4-16-29-25/h1-16H,17-18H2,(H2,30,32,33,36). The molecule has 5 aromatic rings. The molecule has 2 heterocycles. The van der Waals surface area contributed by atoms with Crippen molar-refractivity contribution in [3.8, 4) is 17.2 Å². The molecule has 2 aromatic heterocycles. The highest BCUT2D eigenvalue weighted by Crippen LogP contribution is 2.23. The fourth-order valence-corrected chi connectivity index (χ4v) is 3.67. The maximum Gasteiger partial charge on any atom is 0.257 e. The van der Waals surface area contributed by atoms with E-state index in [2.05, 4.69) is 20.6 Å². The highest BCUT2D eigenvalue weighted by atomic mass is 32.1. The zero-order valence-corrected chi connectivity index (χ0v) is 20.0. The Morgan fingerprint density at radius 2 is 1.67 bits per heavy atom. The summed E-state index contributed by atoms with van der Waals surface area (Å²) in [5, 5.41) is 6.01. The van der Waals surface area contributed by atoms with E-state index in [1.165, 1.54) is 0 Å². The van der Waals surface area contributed by atoms with Crippen molar-refractivity contribution in [2.24, 2.45) is 0 Å². The van der Waals surface area contributed by atoms with E-state index in [0.29, 0.717) is 41.6 Å². The molecule has 7 nitrogen and oxygen atoms in total. The van der Waals surface area contributed by atoms with Gasteiger partial charge in [-0.15, -0.1) is 0 Å². The molecule has 0 bridgehead atoms. The minimum Gasteiger partial charge on any atom is -0.489 e. The van der Waals surface area contributed by atoms with Crippen molar-refractivity contribution >= 4 is 34.5 Å². The van der Waals surface area contributed by atoms with Crippen LogP contribution in [0.25, 0.3) is 22.7 Å². The lowest BCUT2D eigenvalue weighted by molar-refractivity contribution is 0.0976. The van der Waals surface area contributed by atoms with E-state index in [1.807, 2.05) is 66.7 Å². The zero-order chi connectivity index (χ0) is 24.7. The van der Waals surface area contributed by atoms with E-state index >= 15 is 0 Å². The molecule has 0 spiro atoms. The molecule has 0 unspecified atom stereocenters. The van der Waals surface area contributed by atoms with Crippen LogP contribution in [0.5, 0.6) is 5.75 Å². The van der Waals surface area contributed by atoms with Gasteiger partial charge in [-0.3, -0.25) is 10.1 Å². The van der Waals surface area contributed by atoms with Crippen LogP contribution in [0.2, 0.25) is 0 Å². The van der Waals surface area contributed by atoms with Gasteiger partial charge in [0.1, 0.15) is 12.4 Å². The quantitative estimate of drug-likeness (QED) is 0.298. The molecule has 2 N–H and O–H groups in total. The summed E-state index contributed by atoms with van der Waals surface area (Å²) in [7, 11) is 0. The van der Waals surface area contributed by atoms with Crippen LogP contribution in [0.3, 0.4) is 0 Å². The second-order valence-corrected chi connectivity index (χ2v) is 8.38. The third-order valence-electron chi connectivity index (χ3n) is 5.41. The Kier molecular flexibility index (Phi) is 6.95. The second kappa shape index (κ2) is 10.8. The highest BCUT2D eigenvalue weighted by Gasteiger charge is 2.10.